The van der Waals surface area contributed by atoms with Crippen molar-refractivity contribution in [1.82, 2.24) is 4.90 Å². The van der Waals surface area contributed by atoms with Crippen LogP contribution in [0.2, 0.25) is 0 Å². The number of fused-ring (bicyclic) bond motifs is 1. The van der Waals surface area contributed by atoms with Crippen molar-refractivity contribution >= 4 is 29.6 Å². The van der Waals surface area contributed by atoms with Crippen LogP contribution in [-0.4, -0.2) is 45.0 Å². The average Bonchev–Trinajstić information content (AvgIpc) is 2.26. The Morgan fingerprint density at radius 3 is 2.76 bits per heavy atom. The number of hydrogen-bond donors (Lipinski definition) is 2. The predicted molar refractivity (Wildman–Crippen MR) is 57.5 cm³/mol. The molecule has 92 valence electrons. The summed E-state index contributed by atoms with van der Waals surface area (Å²) in [5.74, 6) is -2.18. The highest BCUT2D eigenvalue weighted by Gasteiger charge is 2.52. The minimum absolute atomic E-state index is 0.00787. The van der Waals surface area contributed by atoms with Crippen LogP contribution in [0.4, 0.5) is 0 Å². The molecule has 0 saturated carbocycles. The van der Waals surface area contributed by atoms with E-state index in [1.54, 1.807) is 0 Å². The number of amides is 1. The van der Waals surface area contributed by atoms with Gasteiger partial charge in [-0.3, -0.25) is 14.5 Å². The number of carboxylic acids is 1. The van der Waals surface area contributed by atoms with Crippen LogP contribution >= 0.6 is 11.8 Å². The summed E-state index contributed by atoms with van der Waals surface area (Å²) in [7, 11) is 0. The molecule has 1 fully saturated rings. The normalized spacial score (nSPS) is 27.4. The maximum Gasteiger partial charge on any atom is 0.356 e. The lowest BCUT2D eigenvalue weighted by Crippen LogP contribution is -2.68. The molecule has 0 aromatic carbocycles. The first-order valence-corrected chi connectivity index (χ1v) is 5.83. The summed E-state index contributed by atoms with van der Waals surface area (Å²) in [6.07, 6.45) is 0. The standard InChI is InChI=1S/C9H10N2O5S/c1-3(12)16-4-2-17-8-5(10)7(13)11(8)6(4)9(14)15/h5,8H,2,10H2,1H3,(H,14,15). The van der Waals surface area contributed by atoms with Crippen LogP contribution in [0.3, 0.4) is 0 Å². The van der Waals surface area contributed by atoms with E-state index in [4.69, 9.17) is 15.6 Å². The number of β-lactam (4-membered cyclic amide) rings is 1. The molecule has 2 unspecified atom stereocenters. The Morgan fingerprint density at radius 2 is 2.24 bits per heavy atom. The molecule has 2 rings (SSSR count). The van der Waals surface area contributed by atoms with Crippen molar-refractivity contribution in [2.45, 2.75) is 18.3 Å². The molecule has 0 aliphatic carbocycles. The van der Waals surface area contributed by atoms with Crippen LogP contribution in [0.25, 0.3) is 0 Å². The third-order valence-electron chi connectivity index (χ3n) is 2.44. The van der Waals surface area contributed by atoms with Gasteiger partial charge in [-0.1, -0.05) is 0 Å². The fourth-order valence-electron chi connectivity index (χ4n) is 1.74. The first kappa shape index (κ1) is 11.9. The molecule has 0 aromatic heterocycles. The van der Waals surface area contributed by atoms with Gasteiger partial charge < -0.3 is 15.6 Å². The lowest BCUT2D eigenvalue weighted by molar-refractivity contribution is -0.149. The Bertz CT molecular complexity index is 447. The highest BCUT2D eigenvalue weighted by Crippen LogP contribution is 2.39. The van der Waals surface area contributed by atoms with Crippen molar-refractivity contribution in [3.05, 3.63) is 11.5 Å². The molecule has 0 radical (unpaired) electrons. The molecule has 0 aromatic rings. The molecule has 0 bridgehead atoms. The summed E-state index contributed by atoms with van der Waals surface area (Å²) in [5.41, 5.74) is 5.27. The highest BCUT2D eigenvalue weighted by atomic mass is 32.2. The van der Waals surface area contributed by atoms with E-state index in [1.807, 2.05) is 0 Å². The fraction of sp³-hybridized carbons (Fsp3) is 0.444. The van der Waals surface area contributed by atoms with Crippen molar-refractivity contribution in [2.75, 3.05) is 5.75 Å². The van der Waals surface area contributed by atoms with E-state index >= 15 is 0 Å². The molecular weight excluding hydrogens is 248 g/mol. The number of carboxylic acid groups (broad SMARTS) is 1. The van der Waals surface area contributed by atoms with Crippen molar-refractivity contribution in [1.29, 1.82) is 0 Å². The first-order valence-electron chi connectivity index (χ1n) is 4.78. The van der Waals surface area contributed by atoms with Crippen molar-refractivity contribution in [3.8, 4) is 0 Å². The van der Waals surface area contributed by atoms with Crippen molar-refractivity contribution in [3.63, 3.8) is 0 Å². The Labute approximate surface area is 101 Å². The number of ether oxygens (including phenoxy) is 1. The van der Waals surface area contributed by atoms with Gasteiger partial charge in [0.25, 0.3) is 0 Å². The summed E-state index contributed by atoms with van der Waals surface area (Å²) in [4.78, 5) is 34.5. The second-order valence-electron chi connectivity index (χ2n) is 3.61. The van der Waals surface area contributed by atoms with Crippen LogP contribution in [0.5, 0.6) is 0 Å². The first-order chi connectivity index (χ1) is 7.93. The van der Waals surface area contributed by atoms with E-state index in [-0.39, 0.29) is 22.6 Å². The molecule has 17 heavy (non-hydrogen) atoms. The van der Waals surface area contributed by atoms with Gasteiger partial charge in [-0.25, -0.2) is 4.79 Å². The number of aliphatic carboxylic acids is 1. The minimum atomic E-state index is -1.30. The molecule has 7 nitrogen and oxygen atoms in total. The fourth-order valence-corrected chi connectivity index (χ4v) is 2.94. The molecule has 1 saturated heterocycles. The Hall–Kier alpha value is -1.54. The minimum Gasteiger partial charge on any atom is -0.476 e. The number of esters is 1. The number of nitrogens with two attached hydrogens (primary N) is 1. The number of rotatable bonds is 2. The van der Waals surface area contributed by atoms with Crippen LogP contribution in [0.15, 0.2) is 11.5 Å². The quantitative estimate of drug-likeness (QED) is 0.487. The number of nitrogens with zero attached hydrogens (tertiary/aromatic N) is 1. The third-order valence-corrected chi connectivity index (χ3v) is 3.72. The molecule has 0 spiro atoms. The van der Waals surface area contributed by atoms with Crippen LogP contribution < -0.4 is 5.73 Å². The second kappa shape index (κ2) is 4.04. The summed E-state index contributed by atoms with van der Waals surface area (Å²) in [6.45, 7) is 1.17. The molecule has 8 heteroatoms. The molecule has 1 amide bonds. The Kier molecular flexibility index (Phi) is 2.84. The van der Waals surface area contributed by atoms with Gasteiger partial charge in [0, 0.05) is 6.92 Å². The van der Waals surface area contributed by atoms with Crippen LogP contribution in [0.1, 0.15) is 6.92 Å². The number of hydrogen-bond acceptors (Lipinski definition) is 6. The zero-order valence-electron chi connectivity index (χ0n) is 8.87. The van der Waals surface area contributed by atoms with E-state index in [1.165, 1.54) is 18.7 Å². The number of carbonyl (C=O) groups excluding carboxylic acids is 2. The topological polar surface area (TPSA) is 110 Å². The molecule has 2 heterocycles. The maximum atomic E-state index is 11.5. The van der Waals surface area contributed by atoms with Gasteiger partial charge in [-0.15, -0.1) is 11.8 Å². The Morgan fingerprint density at radius 1 is 1.59 bits per heavy atom. The van der Waals surface area contributed by atoms with Crippen molar-refractivity contribution in [2.24, 2.45) is 5.73 Å². The van der Waals surface area contributed by atoms with Gasteiger partial charge in [-0.05, 0) is 0 Å². The van der Waals surface area contributed by atoms with E-state index < -0.39 is 23.9 Å². The van der Waals surface area contributed by atoms with Gasteiger partial charge in [-0.2, -0.15) is 0 Å². The molecule has 2 aliphatic rings. The average molecular weight is 258 g/mol. The molecule has 2 aliphatic heterocycles. The van der Waals surface area contributed by atoms with E-state index in [0.29, 0.717) is 0 Å². The molecular formula is C9H10N2O5S. The van der Waals surface area contributed by atoms with Crippen LogP contribution in [0, 0.1) is 0 Å². The lowest BCUT2D eigenvalue weighted by atomic mass is 10.1. The van der Waals surface area contributed by atoms with Gasteiger partial charge >= 0.3 is 11.9 Å². The van der Waals surface area contributed by atoms with Gasteiger partial charge in [0.2, 0.25) is 5.91 Å². The van der Waals surface area contributed by atoms with E-state index in [9.17, 15) is 14.4 Å². The van der Waals surface area contributed by atoms with E-state index in [2.05, 4.69) is 0 Å². The highest BCUT2D eigenvalue weighted by molar-refractivity contribution is 8.00. The summed E-state index contributed by atoms with van der Waals surface area (Å²) < 4.78 is 4.81. The van der Waals surface area contributed by atoms with Crippen molar-refractivity contribution < 1.29 is 24.2 Å². The summed E-state index contributed by atoms with van der Waals surface area (Å²) >= 11 is 1.28. The largest absolute Gasteiger partial charge is 0.476 e. The monoisotopic (exact) mass is 258 g/mol. The lowest BCUT2D eigenvalue weighted by Gasteiger charge is -2.47. The summed E-state index contributed by atoms with van der Waals surface area (Å²) in [5, 5.41) is 8.67. The predicted octanol–water partition coefficient (Wildman–Crippen LogP) is -0.912. The molecule has 2 atom stereocenters. The van der Waals surface area contributed by atoms with Gasteiger partial charge in [0.15, 0.2) is 5.70 Å². The Balaban J connectivity index is 2.36. The van der Waals surface area contributed by atoms with Crippen LogP contribution in [-0.2, 0) is 19.1 Å². The van der Waals surface area contributed by atoms with Gasteiger partial charge in [0.1, 0.15) is 17.2 Å². The number of thioether (sulfide) groups is 1. The van der Waals surface area contributed by atoms with Gasteiger partial charge in [0.05, 0.1) is 5.75 Å². The summed E-state index contributed by atoms with van der Waals surface area (Å²) in [6, 6.07) is -0.687. The second-order valence-corrected chi connectivity index (χ2v) is 4.71. The zero-order chi connectivity index (χ0) is 12.7. The smallest absolute Gasteiger partial charge is 0.356 e. The SMILES string of the molecule is CC(=O)OC1=C(C(=O)O)N2C(=O)C(N)C2SC1. The number of carbonyl (C=O) groups is 3. The third kappa shape index (κ3) is 1.79. The maximum absolute atomic E-state index is 11.5. The molecule has 3 N–H and O–H groups in total. The van der Waals surface area contributed by atoms with E-state index in [0.717, 1.165) is 4.90 Å². The zero-order valence-corrected chi connectivity index (χ0v) is 9.69.